The van der Waals surface area contributed by atoms with E-state index in [1.807, 2.05) is 22.2 Å². The third-order valence-electron chi connectivity index (χ3n) is 3.22. The van der Waals surface area contributed by atoms with Crippen LogP contribution in [0.2, 0.25) is 0 Å². The smallest absolute Gasteiger partial charge is 0.206 e. The maximum absolute atomic E-state index is 12.8. The van der Waals surface area contributed by atoms with Crippen LogP contribution in [0.1, 0.15) is 24.0 Å². The van der Waals surface area contributed by atoms with Gasteiger partial charge in [0.2, 0.25) is 0 Å². The Morgan fingerprint density at radius 1 is 1.30 bits per heavy atom. The molecule has 0 aliphatic heterocycles. The quantitative estimate of drug-likeness (QED) is 0.743. The van der Waals surface area contributed by atoms with Gasteiger partial charge in [-0.15, -0.1) is 22.9 Å². The number of thiophene rings is 2. The largest absolute Gasteiger partial charge is 0.253 e. The molecule has 1 aliphatic rings. The van der Waals surface area contributed by atoms with Crippen molar-refractivity contribution in [3.63, 3.8) is 0 Å². The summed E-state index contributed by atoms with van der Waals surface area (Å²) in [5.41, 5.74) is 1.92. The zero-order valence-corrected chi connectivity index (χ0v) is 13.9. The van der Waals surface area contributed by atoms with E-state index in [4.69, 9.17) is 11.6 Å². The molecular weight excluding hydrogens is 334 g/mol. The predicted molar refractivity (Wildman–Crippen MR) is 83.9 cm³/mol. The van der Waals surface area contributed by atoms with Crippen molar-refractivity contribution < 1.29 is 8.42 Å². The zero-order valence-electron chi connectivity index (χ0n) is 10.7. The standard InChI is InChI=1S/C13H14ClNO2S3/c14-6-11-5-13(19-9-11)20(16,17)15(12-1-2-12)7-10-3-4-18-8-10/h3-5,8-9,12H,1-2,6-7H2. The number of sulfonamides is 1. The second kappa shape index (κ2) is 5.77. The number of hydrogen-bond donors (Lipinski definition) is 0. The molecule has 0 radical (unpaired) electrons. The molecule has 2 heterocycles. The van der Waals surface area contributed by atoms with Crippen molar-refractivity contribution in [2.45, 2.75) is 35.5 Å². The number of rotatable bonds is 6. The highest BCUT2D eigenvalue weighted by atomic mass is 35.5. The Balaban J connectivity index is 1.89. The average molecular weight is 348 g/mol. The Morgan fingerprint density at radius 2 is 2.10 bits per heavy atom. The minimum Gasteiger partial charge on any atom is -0.206 e. The Labute approximate surface area is 131 Å². The van der Waals surface area contributed by atoms with E-state index in [1.54, 1.807) is 21.7 Å². The highest BCUT2D eigenvalue weighted by Crippen LogP contribution is 2.35. The molecule has 0 atom stereocenters. The molecular formula is C13H14ClNO2S3. The van der Waals surface area contributed by atoms with Crippen molar-refractivity contribution in [1.29, 1.82) is 0 Å². The lowest BCUT2D eigenvalue weighted by Crippen LogP contribution is -2.32. The van der Waals surface area contributed by atoms with Gasteiger partial charge in [0, 0.05) is 18.5 Å². The highest BCUT2D eigenvalue weighted by molar-refractivity contribution is 7.91. The molecule has 0 N–H and O–H groups in total. The van der Waals surface area contributed by atoms with Crippen LogP contribution < -0.4 is 0 Å². The molecule has 0 unspecified atom stereocenters. The summed E-state index contributed by atoms with van der Waals surface area (Å²) in [5.74, 6) is 0.347. The molecule has 20 heavy (non-hydrogen) atoms. The predicted octanol–water partition coefficient (Wildman–Crippen LogP) is 3.90. The lowest BCUT2D eigenvalue weighted by Gasteiger charge is -2.20. The minimum atomic E-state index is -3.41. The lowest BCUT2D eigenvalue weighted by atomic mass is 10.3. The molecule has 0 amide bonds. The van der Waals surface area contributed by atoms with Gasteiger partial charge in [-0.1, -0.05) is 0 Å². The fourth-order valence-electron chi connectivity index (χ4n) is 2.01. The zero-order chi connectivity index (χ0) is 14.2. The fraction of sp³-hybridized carbons (Fsp3) is 0.385. The summed E-state index contributed by atoms with van der Waals surface area (Å²) in [7, 11) is -3.41. The van der Waals surface area contributed by atoms with E-state index in [1.165, 1.54) is 11.3 Å². The molecule has 0 bridgehead atoms. The van der Waals surface area contributed by atoms with E-state index in [0.29, 0.717) is 16.6 Å². The maximum atomic E-state index is 12.8. The van der Waals surface area contributed by atoms with Crippen LogP contribution in [0.25, 0.3) is 0 Å². The van der Waals surface area contributed by atoms with Crippen LogP contribution in [0.3, 0.4) is 0 Å². The van der Waals surface area contributed by atoms with E-state index < -0.39 is 10.0 Å². The topological polar surface area (TPSA) is 37.4 Å². The first-order valence-electron chi connectivity index (χ1n) is 6.27. The van der Waals surface area contributed by atoms with E-state index >= 15 is 0 Å². The van der Waals surface area contributed by atoms with E-state index in [0.717, 1.165) is 24.0 Å². The van der Waals surface area contributed by atoms with Gasteiger partial charge in [-0.05, 0) is 52.2 Å². The van der Waals surface area contributed by atoms with Gasteiger partial charge in [-0.25, -0.2) is 8.42 Å². The first kappa shape index (κ1) is 14.5. The molecule has 108 valence electrons. The Kier molecular flexibility index (Phi) is 4.19. The molecule has 1 fully saturated rings. The van der Waals surface area contributed by atoms with Crippen molar-refractivity contribution in [3.05, 3.63) is 39.4 Å². The molecule has 0 saturated heterocycles. The van der Waals surface area contributed by atoms with Crippen molar-refractivity contribution in [2.24, 2.45) is 0 Å². The SMILES string of the molecule is O=S(=O)(c1cc(CCl)cs1)N(Cc1ccsc1)C1CC1. The summed E-state index contributed by atoms with van der Waals surface area (Å²) in [6.45, 7) is 0.463. The Morgan fingerprint density at radius 3 is 2.65 bits per heavy atom. The molecule has 1 saturated carbocycles. The van der Waals surface area contributed by atoms with Crippen molar-refractivity contribution >= 4 is 44.3 Å². The normalized spacial score (nSPS) is 15.9. The lowest BCUT2D eigenvalue weighted by molar-refractivity contribution is 0.400. The van der Waals surface area contributed by atoms with Gasteiger partial charge in [-0.3, -0.25) is 0 Å². The van der Waals surface area contributed by atoms with Gasteiger partial charge in [-0.2, -0.15) is 15.6 Å². The third-order valence-corrected chi connectivity index (χ3v) is 7.62. The van der Waals surface area contributed by atoms with Crippen LogP contribution >= 0.6 is 34.3 Å². The number of alkyl halides is 1. The van der Waals surface area contributed by atoms with Gasteiger partial charge < -0.3 is 0 Å². The van der Waals surface area contributed by atoms with Crippen LogP contribution in [0.15, 0.2) is 32.5 Å². The minimum absolute atomic E-state index is 0.154. The fourth-order valence-corrected chi connectivity index (χ4v) is 5.93. The average Bonchev–Trinajstić information content (AvgIpc) is 2.96. The summed E-state index contributed by atoms with van der Waals surface area (Å²) in [6.07, 6.45) is 1.91. The van der Waals surface area contributed by atoms with Gasteiger partial charge in [0.05, 0.1) is 0 Å². The molecule has 0 spiro atoms. The van der Waals surface area contributed by atoms with Crippen LogP contribution in [0.4, 0.5) is 0 Å². The van der Waals surface area contributed by atoms with Crippen LogP contribution in [0, 0.1) is 0 Å². The van der Waals surface area contributed by atoms with Crippen molar-refractivity contribution in [3.8, 4) is 0 Å². The summed E-state index contributed by atoms with van der Waals surface area (Å²) in [5, 5.41) is 5.79. The molecule has 0 aromatic carbocycles. The van der Waals surface area contributed by atoms with Crippen LogP contribution in [-0.4, -0.2) is 18.8 Å². The number of hydrogen-bond acceptors (Lipinski definition) is 4. The third kappa shape index (κ3) is 2.94. The van der Waals surface area contributed by atoms with E-state index in [9.17, 15) is 8.42 Å². The highest BCUT2D eigenvalue weighted by Gasteiger charge is 2.38. The van der Waals surface area contributed by atoms with Crippen LogP contribution in [-0.2, 0) is 22.4 Å². The summed E-state index contributed by atoms with van der Waals surface area (Å²) in [4.78, 5) is 0. The molecule has 2 aromatic heterocycles. The number of nitrogens with zero attached hydrogens (tertiary/aromatic N) is 1. The summed E-state index contributed by atoms with van der Waals surface area (Å²) < 4.78 is 27.6. The number of halogens is 1. The first-order chi connectivity index (χ1) is 9.61. The van der Waals surface area contributed by atoms with E-state index in [2.05, 4.69) is 0 Å². The van der Waals surface area contributed by atoms with E-state index in [-0.39, 0.29) is 6.04 Å². The van der Waals surface area contributed by atoms with Gasteiger partial charge in [0.1, 0.15) is 4.21 Å². The van der Waals surface area contributed by atoms with Gasteiger partial charge in [0.15, 0.2) is 0 Å². The van der Waals surface area contributed by atoms with Crippen LogP contribution in [0.5, 0.6) is 0 Å². The second-order valence-corrected chi connectivity index (χ2v) is 8.90. The second-order valence-electron chi connectivity index (χ2n) is 4.82. The molecule has 2 aromatic rings. The maximum Gasteiger partial charge on any atom is 0.253 e. The van der Waals surface area contributed by atoms with Crippen molar-refractivity contribution in [1.82, 2.24) is 4.31 Å². The Bertz CT molecular complexity index is 674. The molecule has 3 rings (SSSR count). The molecule has 3 nitrogen and oxygen atoms in total. The van der Waals surface area contributed by atoms with Crippen molar-refractivity contribution in [2.75, 3.05) is 0 Å². The summed E-state index contributed by atoms with van der Waals surface area (Å²) >= 11 is 8.61. The monoisotopic (exact) mass is 347 g/mol. The van der Waals surface area contributed by atoms with Gasteiger partial charge >= 0.3 is 0 Å². The summed E-state index contributed by atoms with van der Waals surface area (Å²) in [6, 6.07) is 3.82. The molecule has 7 heteroatoms. The molecule has 1 aliphatic carbocycles. The Hall–Kier alpha value is -0.400. The first-order valence-corrected chi connectivity index (χ1v) is 10.1. The van der Waals surface area contributed by atoms with Gasteiger partial charge in [0.25, 0.3) is 10.0 Å².